The number of rotatable bonds is 7. The quantitative estimate of drug-likeness (QED) is 0.488. The van der Waals surface area contributed by atoms with Crippen molar-refractivity contribution in [1.29, 1.82) is 0 Å². The first kappa shape index (κ1) is 20.7. The van der Waals surface area contributed by atoms with Crippen molar-refractivity contribution < 1.29 is 8.42 Å². The van der Waals surface area contributed by atoms with Gasteiger partial charge in [-0.15, -0.1) is 0 Å². The maximum absolute atomic E-state index is 11.4. The van der Waals surface area contributed by atoms with Crippen LogP contribution >= 0.6 is 0 Å². The van der Waals surface area contributed by atoms with Gasteiger partial charge in [0.2, 0.25) is 10.0 Å². The van der Waals surface area contributed by atoms with Gasteiger partial charge in [0, 0.05) is 32.7 Å². The Labute approximate surface area is 157 Å². The van der Waals surface area contributed by atoms with E-state index in [1.807, 2.05) is 6.07 Å². The summed E-state index contributed by atoms with van der Waals surface area (Å²) in [6, 6.07) is 7.31. The molecule has 0 amide bonds. The number of hydrogen-bond acceptors (Lipinski definition) is 4. The number of benzene rings is 1. The van der Waals surface area contributed by atoms with E-state index >= 15 is 0 Å². The first-order chi connectivity index (χ1) is 12.4. The van der Waals surface area contributed by atoms with Crippen molar-refractivity contribution in [2.45, 2.75) is 50.1 Å². The van der Waals surface area contributed by atoms with Crippen LogP contribution in [0.4, 0.5) is 0 Å². The van der Waals surface area contributed by atoms with Crippen LogP contribution in [0.25, 0.3) is 0 Å². The third kappa shape index (κ3) is 6.26. The van der Waals surface area contributed by atoms with E-state index < -0.39 is 10.0 Å². The topological polar surface area (TPSA) is 99.8 Å². The number of likely N-dealkylation sites (tertiary alicyclic amines) is 1. The molecule has 1 saturated heterocycles. The van der Waals surface area contributed by atoms with Crippen molar-refractivity contribution in [3.05, 3.63) is 29.8 Å². The SMILES string of the molecule is CCC1CCCCN1CCNC(=NC)NCc1cccc(S(N)(=O)=O)c1. The number of guanidine groups is 1. The molecule has 1 unspecified atom stereocenters. The van der Waals surface area contributed by atoms with E-state index in [1.54, 1.807) is 19.2 Å². The lowest BCUT2D eigenvalue weighted by Gasteiger charge is -2.35. The van der Waals surface area contributed by atoms with Crippen LogP contribution in [0.2, 0.25) is 0 Å². The van der Waals surface area contributed by atoms with E-state index in [-0.39, 0.29) is 4.90 Å². The molecule has 1 aromatic rings. The third-order valence-corrected chi connectivity index (χ3v) is 5.73. The lowest BCUT2D eigenvalue weighted by atomic mass is 10.0. The number of nitrogens with zero attached hydrogens (tertiary/aromatic N) is 2. The highest BCUT2D eigenvalue weighted by atomic mass is 32.2. The monoisotopic (exact) mass is 381 g/mol. The van der Waals surface area contributed by atoms with Crippen molar-refractivity contribution in [3.8, 4) is 0 Å². The smallest absolute Gasteiger partial charge is 0.238 e. The Morgan fingerprint density at radius 1 is 1.35 bits per heavy atom. The fraction of sp³-hybridized carbons (Fsp3) is 0.611. The fourth-order valence-electron chi connectivity index (χ4n) is 3.37. The zero-order chi connectivity index (χ0) is 19.0. The predicted molar refractivity (Wildman–Crippen MR) is 106 cm³/mol. The number of nitrogens with two attached hydrogens (primary N) is 1. The van der Waals surface area contributed by atoms with Gasteiger partial charge in [-0.05, 0) is 43.5 Å². The second kappa shape index (κ2) is 9.89. The van der Waals surface area contributed by atoms with Gasteiger partial charge in [0.15, 0.2) is 5.96 Å². The lowest BCUT2D eigenvalue weighted by molar-refractivity contribution is 0.147. The Kier molecular flexibility index (Phi) is 7.86. The van der Waals surface area contributed by atoms with Gasteiger partial charge in [-0.3, -0.25) is 9.89 Å². The maximum Gasteiger partial charge on any atom is 0.238 e. The molecule has 146 valence electrons. The molecule has 1 fully saturated rings. The van der Waals surface area contributed by atoms with Gasteiger partial charge in [-0.2, -0.15) is 0 Å². The summed E-state index contributed by atoms with van der Waals surface area (Å²) in [4.78, 5) is 6.90. The molecule has 7 nitrogen and oxygen atoms in total. The van der Waals surface area contributed by atoms with Crippen LogP contribution in [0.3, 0.4) is 0 Å². The number of aliphatic imine (C=N–C) groups is 1. The van der Waals surface area contributed by atoms with Crippen LogP contribution in [0.5, 0.6) is 0 Å². The number of piperidine rings is 1. The average molecular weight is 382 g/mol. The van der Waals surface area contributed by atoms with Crippen LogP contribution in [-0.2, 0) is 16.6 Å². The number of primary sulfonamides is 1. The van der Waals surface area contributed by atoms with E-state index in [2.05, 4.69) is 27.4 Å². The normalized spacial score (nSPS) is 19.3. The summed E-state index contributed by atoms with van der Waals surface area (Å²) in [5, 5.41) is 11.7. The molecule has 0 saturated carbocycles. The van der Waals surface area contributed by atoms with Crippen LogP contribution in [-0.4, -0.2) is 52.0 Å². The lowest BCUT2D eigenvalue weighted by Crippen LogP contribution is -2.45. The van der Waals surface area contributed by atoms with Crippen LogP contribution in [0, 0.1) is 0 Å². The van der Waals surface area contributed by atoms with Gasteiger partial charge in [0.25, 0.3) is 0 Å². The third-order valence-electron chi connectivity index (χ3n) is 4.82. The Morgan fingerprint density at radius 2 is 2.15 bits per heavy atom. The molecule has 0 aromatic heterocycles. The minimum absolute atomic E-state index is 0.121. The number of sulfonamides is 1. The first-order valence-corrected chi connectivity index (χ1v) is 10.8. The van der Waals surface area contributed by atoms with Crippen molar-refractivity contribution in [1.82, 2.24) is 15.5 Å². The summed E-state index contributed by atoms with van der Waals surface area (Å²) in [6.07, 6.45) is 5.12. The van der Waals surface area contributed by atoms with Gasteiger partial charge in [-0.25, -0.2) is 13.6 Å². The molecule has 1 aliphatic heterocycles. The van der Waals surface area contributed by atoms with Gasteiger partial charge in [0.05, 0.1) is 4.90 Å². The molecule has 26 heavy (non-hydrogen) atoms. The van der Waals surface area contributed by atoms with Crippen LogP contribution in [0.1, 0.15) is 38.2 Å². The molecule has 8 heteroatoms. The highest BCUT2D eigenvalue weighted by molar-refractivity contribution is 7.89. The maximum atomic E-state index is 11.4. The Bertz CT molecular complexity index is 705. The molecule has 1 aromatic carbocycles. The molecule has 0 radical (unpaired) electrons. The van der Waals surface area contributed by atoms with E-state index in [0.717, 1.165) is 18.7 Å². The van der Waals surface area contributed by atoms with Crippen LogP contribution < -0.4 is 15.8 Å². The molecule has 1 atom stereocenters. The Morgan fingerprint density at radius 3 is 2.85 bits per heavy atom. The number of nitrogens with one attached hydrogen (secondary N) is 2. The van der Waals surface area contributed by atoms with E-state index in [9.17, 15) is 8.42 Å². The standard InChI is InChI=1S/C18H31N5O2S/c1-3-16-8-4-5-11-23(16)12-10-21-18(20-2)22-14-15-7-6-9-17(13-15)26(19,24)25/h6-7,9,13,16H,3-5,8,10-12,14H2,1-2H3,(H2,19,24,25)(H2,20,21,22). The zero-order valence-corrected chi connectivity index (χ0v) is 16.6. The molecule has 4 N–H and O–H groups in total. The summed E-state index contributed by atoms with van der Waals surface area (Å²) in [7, 11) is -1.96. The predicted octanol–water partition coefficient (Wildman–Crippen LogP) is 1.26. The molecular formula is C18H31N5O2S. The van der Waals surface area contributed by atoms with Crippen molar-refractivity contribution in [2.75, 3.05) is 26.7 Å². The van der Waals surface area contributed by atoms with E-state index in [4.69, 9.17) is 5.14 Å². The summed E-state index contributed by atoms with van der Waals surface area (Å²) < 4.78 is 22.9. The second-order valence-corrected chi connectivity index (χ2v) is 8.20. The zero-order valence-electron chi connectivity index (χ0n) is 15.7. The van der Waals surface area contributed by atoms with Crippen molar-refractivity contribution in [2.24, 2.45) is 10.1 Å². The van der Waals surface area contributed by atoms with Gasteiger partial charge < -0.3 is 10.6 Å². The second-order valence-electron chi connectivity index (χ2n) is 6.64. The van der Waals surface area contributed by atoms with Gasteiger partial charge in [0.1, 0.15) is 0 Å². The van der Waals surface area contributed by atoms with Gasteiger partial charge in [-0.1, -0.05) is 25.5 Å². The molecule has 1 heterocycles. The molecule has 0 bridgehead atoms. The summed E-state index contributed by atoms with van der Waals surface area (Å²) in [5.74, 6) is 0.705. The van der Waals surface area contributed by atoms with Crippen LogP contribution in [0.15, 0.2) is 34.2 Å². The summed E-state index contributed by atoms with van der Waals surface area (Å²) in [6.45, 7) is 5.73. The highest BCUT2D eigenvalue weighted by Crippen LogP contribution is 2.18. The molecular weight excluding hydrogens is 350 g/mol. The minimum atomic E-state index is -3.68. The largest absolute Gasteiger partial charge is 0.355 e. The summed E-state index contributed by atoms with van der Waals surface area (Å²) in [5.41, 5.74) is 0.835. The molecule has 0 spiro atoms. The fourth-order valence-corrected chi connectivity index (χ4v) is 3.96. The average Bonchev–Trinajstić information content (AvgIpc) is 2.64. The molecule has 2 rings (SSSR count). The van der Waals surface area contributed by atoms with E-state index in [0.29, 0.717) is 18.5 Å². The van der Waals surface area contributed by atoms with Crippen molar-refractivity contribution in [3.63, 3.8) is 0 Å². The number of hydrogen-bond donors (Lipinski definition) is 3. The summed E-state index contributed by atoms with van der Waals surface area (Å²) >= 11 is 0. The van der Waals surface area contributed by atoms with Gasteiger partial charge >= 0.3 is 0 Å². The highest BCUT2D eigenvalue weighted by Gasteiger charge is 2.19. The minimum Gasteiger partial charge on any atom is -0.355 e. The Balaban J connectivity index is 1.81. The van der Waals surface area contributed by atoms with E-state index in [1.165, 1.54) is 38.3 Å². The van der Waals surface area contributed by atoms with Crippen molar-refractivity contribution >= 4 is 16.0 Å². The molecule has 1 aliphatic rings. The first-order valence-electron chi connectivity index (χ1n) is 9.24. The Hall–Kier alpha value is -1.64. The molecule has 0 aliphatic carbocycles.